The average molecular weight is 420 g/mol. The van der Waals surface area contributed by atoms with Gasteiger partial charge in [-0.25, -0.2) is 8.78 Å². The topological polar surface area (TPSA) is 45.1 Å². The zero-order valence-electron chi connectivity index (χ0n) is 15.7. The molecule has 1 atom stereocenters. The van der Waals surface area contributed by atoms with Gasteiger partial charge in [-0.2, -0.15) is 0 Å². The normalized spacial score (nSPS) is 19.8. The summed E-state index contributed by atoms with van der Waals surface area (Å²) in [5.74, 6) is -0.759. The molecule has 2 aromatic rings. The molecular formula is C21H20ClF2N3O2. The molecule has 1 amide bonds. The lowest BCUT2D eigenvalue weighted by molar-refractivity contribution is -0.143. The summed E-state index contributed by atoms with van der Waals surface area (Å²) in [4.78, 5) is 21.9. The molecule has 2 aromatic carbocycles. The van der Waals surface area contributed by atoms with Gasteiger partial charge in [-0.15, -0.1) is 0 Å². The van der Waals surface area contributed by atoms with E-state index in [4.69, 9.17) is 16.4 Å². The fourth-order valence-electron chi connectivity index (χ4n) is 3.56. The summed E-state index contributed by atoms with van der Waals surface area (Å²) in [6.07, 6.45) is -0.308. The molecule has 2 aliphatic rings. The Labute approximate surface area is 172 Å². The molecule has 2 heterocycles. The first-order valence-electron chi connectivity index (χ1n) is 9.44. The van der Waals surface area contributed by atoms with Gasteiger partial charge in [-0.1, -0.05) is 35.0 Å². The quantitative estimate of drug-likeness (QED) is 0.762. The molecule has 5 nitrogen and oxygen atoms in total. The Kier molecular flexibility index (Phi) is 5.78. The van der Waals surface area contributed by atoms with Crippen LogP contribution in [-0.2, 0) is 16.2 Å². The van der Waals surface area contributed by atoms with Crippen LogP contribution in [0.5, 0.6) is 0 Å². The summed E-state index contributed by atoms with van der Waals surface area (Å²) in [5.41, 5.74) is 1.86. The van der Waals surface area contributed by atoms with Crippen LogP contribution in [0.15, 0.2) is 47.6 Å². The van der Waals surface area contributed by atoms with Crippen LogP contribution in [-0.4, -0.2) is 53.7 Å². The number of hydrogen-bond donors (Lipinski definition) is 0. The second kappa shape index (κ2) is 8.47. The Hall–Kier alpha value is -2.51. The highest BCUT2D eigenvalue weighted by atomic mass is 35.5. The van der Waals surface area contributed by atoms with Gasteiger partial charge in [-0.05, 0) is 29.8 Å². The molecule has 0 aliphatic carbocycles. The fourth-order valence-corrected chi connectivity index (χ4v) is 3.78. The van der Waals surface area contributed by atoms with Gasteiger partial charge in [-0.3, -0.25) is 9.69 Å². The Morgan fingerprint density at radius 3 is 2.52 bits per heavy atom. The molecule has 0 saturated carbocycles. The first-order chi connectivity index (χ1) is 14.0. The number of halogens is 3. The number of rotatable bonds is 4. The first-order valence-corrected chi connectivity index (χ1v) is 9.82. The number of carbonyl (C=O) groups is 1. The molecule has 0 aromatic heterocycles. The number of hydrogen-bond acceptors (Lipinski definition) is 4. The van der Waals surface area contributed by atoms with E-state index in [-0.39, 0.29) is 17.5 Å². The van der Waals surface area contributed by atoms with Crippen LogP contribution in [0.1, 0.15) is 17.5 Å². The van der Waals surface area contributed by atoms with Crippen LogP contribution in [0, 0.1) is 11.6 Å². The third-order valence-corrected chi connectivity index (χ3v) is 5.60. The lowest BCUT2D eigenvalue weighted by atomic mass is 10.0. The largest absolute Gasteiger partial charge is 0.382 e. The third kappa shape index (κ3) is 4.41. The van der Waals surface area contributed by atoms with Crippen molar-refractivity contribution in [3.63, 3.8) is 0 Å². The zero-order valence-corrected chi connectivity index (χ0v) is 16.4. The first kappa shape index (κ1) is 19.8. The van der Waals surface area contributed by atoms with E-state index in [0.717, 1.165) is 5.56 Å². The second-order valence-corrected chi connectivity index (χ2v) is 7.55. The fraction of sp³-hybridized carbons (Fsp3) is 0.333. The highest BCUT2D eigenvalue weighted by Gasteiger charge is 2.34. The Balaban J connectivity index is 1.30. The molecule has 4 rings (SSSR count). The van der Waals surface area contributed by atoms with Crippen LogP contribution >= 0.6 is 11.6 Å². The Morgan fingerprint density at radius 2 is 1.83 bits per heavy atom. The highest BCUT2D eigenvalue weighted by molar-refractivity contribution is 6.31. The van der Waals surface area contributed by atoms with Crippen LogP contribution in [0.4, 0.5) is 8.78 Å². The standard InChI is InChI=1S/C21H20ClF2N3O2/c22-17-2-1-3-18(24)16(17)13-26-8-10-27(11-9-26)21(28)20-12-19(25-29-20)14-4-6-15(23)7-5-14/h1-7,20H,8-13H2. The maximum absolute atomic E-state index is 14.0. The van der Waals surface area contributed by atoms with E-state index < -0.39 is 6.10 Å². The zero-order chi connectivity index (χ0) is 20.4. The number of oxime groups is 1. The van der Waals surface area contributed by atoms with E-state index in [1.54, 1.807) is 29.2 Å². The SMILES string of the molecule is O=C(C1CC(c2ccc(F)cc2)=NO1)N1CCN(Cc2c(F)cccc2Cl)CC1. The predicted octanol–water partition coefficient (Wildman–Crippen LogP) is 3.46. The van der Waals surface area contributed by atoms with E-state index in [1.807, 2.05) is 0 Å². The van der Waals surface area contributed by atoms with E-state index >= 15 is 0 Å². The van der Waals surface area contributed by atoms with Gasteiger partial charge >= 0.3 is 0 Å². The summed E-state index contributed by atoms with van der Waals surface area (Å²) >= 11 is 6.11. The molecule has 0 bridgehead atoms. The summed E-state index contributed by atoms with van der Waals surface area (Å²) in [7, 11) is 0. The molecule has 0 N–H and O–H groups in total. The van der Waals surface area contributed by atoms with Crippen LogP contribution in [0.3, 0.4) is 0 Å². The molecule has 2 aliphatic heterocycles. The smallest absolute Gasteiger partial charge is 0.266 e. The molecule has 1 fully saturated rings. The van der Waals surface area contributed by atoms with Gasteiger partial charge < -0.3 is 9.74 Å². The van der Waals surface area contributed by atoms with Gasteiger partial charge in [0.25, 0.3) is 5.91 Å². The molecule has 8 heteroatoms. The minimum Gasteiger partial charge on any atom is -0.382 e. The number of nitrogens with zero attached hydrogens (tertiary/aromatic N) is 3. The minimum absolute atomic E-state index is 0.116. The molecule has 152 valence electrons. The van der Waals surface area contributed by atoms with Crippen molar-refractivity contribution < 1.29 is 18.4 Å². The van der Waals surface area contributed by atoms with Crippen molar-refractivity contribution >= 4 is 23.2 Å². The molecule has 29 heavy (non-hydrogen) atoms. The summed E-state index contributed by atoms with van der Waals surface area (Å²) in [6, 6.07) is 10.6. The molecule has 1 saturated heterocycles. The van der Waals surface area contributed by atoms with Crippen molar-refractivity contribution in [1.82, 2.24) is 9.80 Å². The summed E-state index contributed by atoms with van der Waals surface area (Å²) in [6.45, 7) is 2.70. The predicted molar refractivity (Wildman–Crippen MR) is 106 cm³/mol. The molecular weight excluding hydrogens is 400 g/mol. The van der Waals surface area contributed by atoms with Crippen molar-refractivity contribution in [3.05, 3.63) is 70.2 Å². The lowest BCUT2D eigenvalue weighted by Crippen LogP contribution is -2.51. The van der Waals surface area contributed by atoms with Gasteiger partial charge in [0, 0.05) is 49.7 Å². The number of carbonyl (C=O) groups excluding carboxylic acids is 1. The van der Waals surface area contributed by atoms with Gasteiger partial charge in [0.2, 0.25) is 6.10 Å². The van der Waals surface area contributed by atoms with Crippen LogP contribution in [0.25, 0.3) is 0 Å². The van der Waals surface area contributed by atoms with Gasteiger partial charge in [0.15, 0.2) is 0 Å². The van der Waals surface area contributed by atoms with E-state index in [2.05, 4.69) is 10.1 Å². The third-order valence-electron chi connectivity index (χ3n) is 5.25. The number of piperazine rings is 1. The number of benzene rings is 2. The maximum Gasteiger partial charge on any atom is 0.266 e. The van der Waals surface area contributed by atoms with Crippen LogP contribution < -0.4 is 0 Å². The highest BCUT2D eigenvalue weighted by Crippen LogP contribution is 2.23. The molecule has 1 unspecified atom stereocenters. The maximum atomic E-state index is 14.0. The van der Waals surface area contributed by atoms with Crippen LogP contribution in [0.2, 0.25) is 5.02 Å². The van der Waals surface area contributed by atoms with Gasteiger partial charge in [0.05, 0.1) is 5.71 Å². The number of amides is 1. The molecule has 0 radical (unpaired) electrons. The Bertz CT molecular complexity index is 908. The molecule has 0 spiro atoms. The van der Waals surface area contributed by atoms with Crippen molar-refractivity contribution in [1.29, 1.82) is 0 Å². The van der Waals surface area contributed by atoms with Crippen molar-refractivity contribution in [2.75, 3.05) is 26.2 Å². The van der Waals surface area contributed by atoms with E-state index in [0.29, 0.717) is 55.4 Å². The van der Waals surface area contributed by atoms with Crippen molar-refractivity contribution in [3.8, 4) is 0 Å². The lowest BCUT2D eigenvalue weighted by Gasteiger charge is -2.35. The monoisotopic (exact) mass is 419 g/mol. The van der Waals surface area contributed by atoms with E-state index in [9.17, 15) is 13.6 Å². The summed E-state index contributed by atoms with van der Waals surface area (Å²) in [5, 5.41) is 4.41. The minimum atomic E-state index is -0.664. The van der Waals surface area contributed by atoms with Crippen molar-refractivity contribution in [2.45, 2.75) is 19.1 Å². The second-order valence-electron chi connectivity index (χ2n) is 7.14. The van der Waals surface area contributed by atoms with Crippen molar-refractivity contribution in [2.24, 2.45) is 5.16 Å². The van der Waals surface area contributed by atoms with E-state index in [1.165, 1.54) is 18.2 Å². The summed E-state index contributed by atoms with van der Waals surface area (Å²) < 4.78 is 27.1. The Morgan fingerprint density at radius 1 is 1.10 bits per heavy atom. The van der Waals surface area contributed by atoms with Gasteiger partial charge in [0.1, 0.15) is 11.6 Å². The average Bonchev–Trinajstić information content (AvgIpc) is 3.21.